The molecule has 0 unspecified atom stereocenters. The van der Waals surface area contributed by atoms with Gasteiger partial charge in [0.05, 0.1) is 6.33 Å². The SMILES string of the molecule is CCCCCNC(=O)c1ccc(Cn2ccnc2)cc1. The van der Waals surface area contributed by atoms with Gasteiger partial charge in [0, 0.05) is 31.0 Å². The zero-order chi connectivity index (χ0) is 14.2. The zero-order valence-electron chi connectivity index (χ0n) is 11.9. The van der Waals surface area contributed by atoms with Crippen LogP contribution >= 0.6 is 0 Å². The Balaban J connectivity index is 1.85. The molecule has 4 nitrogen and oxygen atoms in total. The Bertz CT molecular complexity index is 517. The number of rotatable bonds is 7. The summed E-state index contributed by atoms with van der Waals surface area (Å²) in [7, 11) is 0. The van der Waals surface area contributed by atoms with Crippen LogP contribution in [0.1, 0.15) is 42.1 Å². The third-order valence-corrected chi connectivity index (χ3v) is 3.21. The molecule has 0 aliphatic carbocycles. The van der Waals surface area contributed by atoms with Crippen LogP contribution < -0.4 is 5.32 Å². The molecule has 20 heavy (non-hydrogen) atoms. The molecule has 2 rings (SSSR count). The summed E-state index contributed by atoms with van der Waals surface area (Å²) in [6, 6.07) is 7.73. The minimum absolute atomic E-state index is 0.00952. The number of imidazole rings is 1. The summed E-state index contributed by atoms with van der Waals surface area (Å²) in [6.45, 7) is 3.68. The van der Waals surface area contributed by atoms with Crippen molar-refractivity contribution in [3.8, 4) is 0 Å². The number of amides is 1. The van der Waals surface area contributed by atoms with Crippen LogP contribution in [0.15, 0.2) is 43.0 Å². The van der Waals surface area contributed by atoms with Gasteiger partial charge >= 0.3 is 0 Å². The molecule has 0 saturated carbocycles. The van der Waals surface area contributed by atoms with Crippen molar-refractivity contribution < 1.29 is 4.79 Å². The van der Waals surface area contributed by atoms with Crippen LogP contribution in [-0.4, -0.2) is 22.0 Å². The Morgan fingerprint density at radius 2 is 2.05 bits per heavy atom. The Labute approximate surface area is 119 Å². The van der Waals surface area contributed by atoms with Crippen LogP contribution in [0.2, 0.25) is 0 Å². The van der Waals surface area contributed by atoms with Gasteiger partial charge in [0.25, 0.3) is 5.91 Å². The Morgan fingerprint density at radius 3 is 2.70 bits per heavy atom. The predicted molar refractivity (Wildman–Crippen MR) is 79.6 cm³/mol. The molecular weight excluding hydrogens is 250 g/mol. The van der Waals surface area contributed by atoms with E-state index in [0.717, 1.165) is 37.1 Å². The quantitative estimate of drug-likeness (QED) is 0.787. The van der Waals surface area contributed by atoms with Gasteiger partial charge in [-0.05, 0) is 24.1 Å². The maximum absolute atomic E-state index is 11.9. The molecule has 0 atom stereocenters. The second kappa shape index (κ2) is 7.48. The second-order valence-electron chi connectivity index (χ2n) is 4.89. The lowest BCUT2D eigenvalue weighted by Crippen LogP contribution is -2.24. The molecule has 0 radical (unpaired) electrons. The lowest BCUT2D eigenvalue weighted by Gasteiger charge is -2.06. The van der Waals surface area contributed by atoms with Gasteiger partial charge in [0.2, 0.25) is 0 Å². The van der Waals surface area contributed by atoms with Crippen LogP contribution in [0, 0.1) is 0 Å². The van der Waals surface area contributed by atoms with Gasteiger partial charge in [-0.1, -0.05) is 31.9 Å². The van der Waals surface area contributed by atoms with Gasteiger partial charge in [-0.15, -0.1) is 0 Å². The number of unbranched alkanes of at least 4 members (excludes halogenated alkanes) is 2. The summed E-state index contributed by atoms with van der Waals surface area (Å²) >= 11 is 0. The summed E-state index contributed by atoms with van der Waals surface area (Å²) in [5, 5.41) is 2.94. The number of nitrogens with one attached hydrogen (secondary N) is 1. The number of carbonyl (C=O) groups excluding carboxylic acids is 1. The number of aromatic nitrogens is 2. The topological polar surface area (TPSA) is 46.9 Å². The Morgan fingerprint density at radius 1 is 1.25 bits per heavy atom. The highest BCUT2D eigenvalue weighted by atomic mass is 16.1. The highest BCUT2D eigenvalue weighted by Crippen LogP contribution is 2.06. The van der Waals surface area contributed by atoms with E-state index >= 15 is 0 Å². The summed E-state index contributed by atoms with van der Waals surface area (Å²) in [6.07, 6.45) is 8.84. The van der Waals surface area contributed by atoms with E-state index in [2.05, 4.69) is 17.2 Å². The normalized spacial score (nSPS) is 10.4. The molecule has 106 valence electrons. The molecule has 0 fully saturated rings. The summed E-state index contributed by atoms with van der Waals surface area (Å²) in [5.41, 5.74) is 1.88. The fourth-order valence-electron chi connectivity index (χ4n) is 2.03. The monoisotopic (exact) mass is 271 g/mol. The van der Waals surface area contributed by atoms with Gasteiger partial charge in [0.15, 0.2) is 0 Å². The van der Waals surface area contributed by atoms with E-state index in [1.165, 1.54) is 6.42 Å². The van der Waals surface area contributed by atoms with Gasteiger partial charge < -0.3 is 9.88 Å². The molecule has 0 aliphatic rings. The van der Waals surface area contributed by atoms with E-state index in [9.17, 15) is 4.79 Å². The highest BCUT2D eigenvalue weighted by molar-refractivity contribution is 5.94. The van der Waals surface area contributed by atoms with Crippen molar-refractivity contribution in [1.29, 1.82) is 0 Å². The Kier molecular flexibility index (Phi) is 5.35. The van der Waals surface area contributed by atoms with Crippen molar-refractivity contribution in [3.05, 3.63) is 54.1 Å². The molecule has 0 aliphatic heterocycles. The third kappa shape index (κ3) is 4.23. The van der Waals surface area contributed by atoms with Crippen molar-refractivity contribution in [2.45, 2.75) is 32.7 Å². The fourth-order valence-corrected chi connectivity index (χ4v) is 2.03. The van der Waals surface area contributed by atoms with Crippen LogP contribution in [-0.2, 0) is 6.54 Å². The largest absolute Gasteiger partial charge is 0.352 e. The first-order valence-electron chi connectivity index (χ1n) is 7.12. The van der Waals surface area contributed by atoms with Crippen LogP contribution in [0.5, 0.6) is 0 Å². The molecule has 1 heterocycles. The summed E-state index contributed by atoms with van der Waals surface area (Å²) in [4.78, 5) is 15.9. The number of nitrogens with zero attached hydrogens (tertiary/aromatic N) is 2. The molecular formula is C16H21N3O. The first kappa shape index (κ1) is 14.3. The predicted octanol–water partition coefficient (Wildman–Crippen LogP) is 2.85. The zero-order valence-corrected chi connectivity index (χ0v) is 11.9. The number of benzene rings is 1. The minimum Gasteiger partial charge on any atom is -0.352 e. The van der Waals surface area contributed by atoms with Crippen LogP contribution in [0.4, 0.5) is 0 Å². The van der Waals surface area contributed by atoms with Crippen molar-refractivity contribution in [3.63, 3.8) is 0 Å². The highest BCUT2D eigenvalue weighted by Gasteiger charge is 2.04. The maximum atomic E-state index is 11.9. The fraction of sp³-hybridized carbons (Fsp3) is 0.375. The Hall–Kier alpha value is -2.10. The summed E-state index contributed by atoms with van der Waals surface area (Å²) in [5.74, 6) is 0.00952. The smallest absolute Gasteiger partial charge is 0.251 e. The lowest BCUT2D eigenvalue weighted by molar-refractivity contribution is 0.0953. The van der Waals surface area contributed by atoms with Crippen molar-refractivity contribution >= 4 is 5.91 Å². The molecule has 0 bridgehead atoms. The van der Waals surface area contributed by atoms with Crippen molar-refractivity contribution in [1.82, 2.24) is 14.9 Å². The van der Waals surface area contributed by atoms with E-state index in [-0.39, 0.29) is 5.91 Å². The van der Waals surface area contributed by atoms with E-state index in [0.29, 0.717) is 0 Å². The lowest BCUT2D eigenvalue weighted by atomic mass is 10.1. The van der Waals surface area contributed by atoms with E-state index in [4.69, 9.17) is 0 Å². The first-order valence-corrected chi connectivity index (χ1v) is 7.12. The van der Waals surface area contributed by atoms with Crippen LogP contribution in [0.25, 0.3) is 0 Å². The summed E-state index contributed by atoms with van der Waals surface area (Å²) < 4.78 is 2.00. The maximum Gasteiger partial charge on any atom is 0.251 e. The van der Waals surface area contributed by atoms with E-state index in [1.54, 1.807) is 12.5 Å². The molecule has 1 aromatic carbocycles. The second-order valence-corrected chi connectivity index (χ2v) is 4.89. The van der Waals surface area contributed by atoms with E-state index < -0.39 is 0 Å². The number of carbonyl (C=O) groups is 1. The molecule has 1 aromatic heterocycles. The molecule has 4 heteroatoms. The third-order valence-electron chi connectivity index (χ3n) is 3.21. The molecule has 0 saturated heterocycles. The van der Waals surface area contributed by atoms with Crippen molar-refractivity contribution in [2.24, 2.45) is 0 Å². The van der Waals surface area contributed by atoms with E-state index in [1.807, 2.05) is 35.0 Å². The number of hydrogen-bond acceptors (Lipinski definition) is 2. The molecule has 0 spiro atoms. The average Bonchev–Trinajstić information content (AvgIpc) is 2.97. The minimum atomic E-state index is 0.00952. The van der Waals surface area contributed by atoms with Gasteiger partial charge in [0.1, 0.15) is 0 Å². The molecule has 2 aromatic rings. The van der Waals surface area contributed by atoms with Gasteiger partial charge in [-0.25, -0.2) is 4.98 Å². The standard InChI is InChI=1S/C16H21N3O/c1-2-3-4-9-18-16(20)15-7-5-14(6-8-15)12-19-11-10-17-13-19/h5-8,10-11,13H,2-4,9,12H2,1H3,(H,18,20). The first-order chi connectivity index (χ1) is 9.79. The average molecular weight is 271 g/mol. The van der Waals surface area contributed by atoms with Gasteiger partial charge in [-0.2, -0.15) is 0 Å². The number of hydrogen-bond donors (Lipinski definition) is 1. The molecule has 1 amide bonds. The van der Waals surface area contributed by atoms with Crippen LogP contribution in [0.3, 0.4) is 0 Å². The van der Waals surface area contributed by atoms with Gasteiger partial charge in [-0.3, -0.25) is 4.79 Å². The van der Waals surface area contributed by atoms with Crippen molar-refractivity contribution in [2.75, 3.05) is 6.54 Å². The molecule has 1 N–H and O–H groups in total.